The van der Waals surface area contributed by atoms with E-state index in [4.69, 9.17) is 4.98 Å². The smallest absolute Gasteiger partial charge is 0.262 e. The molecule has 1 aromatic heterocycles. The van der Waals surface area contributed by atoms with Crippen LogP contribution in [0.3, 0.4) is 0 Å². The number of fused-ring (bicyclic) bond motifs is 1. The van der Waals surface area contributed by atoms with E-state index < -0.39 is 5.25 Å². The Bertz CT molecular complexity index is 1220. The Balaban J connectivity index is 1.82. The van der Waals surface area contributed by atoms with Crippen LogP contribution in [-0.4, -0.2) is 51.0 Å². The first kappa shape index (κ1) is 25.6. The molecule has 1 amide bonds. The van der Waals surface area contributed by atoms with Gasteiger partial charge in [-0.3, -0.25) is 19.0 Å². The number of benzene rings is 2. The molecule has 180 valence electrons. The first-order valence-corrected chi connectivity index (χ1v) is 12.5. The molecule has 2 aromatic carbocycles. The van der Waals surface area contributed by atoms with Crippen molar-refractivity contribution in [3.8, 4) is 0 Å². The van der Waals surface area contributed by atoms with Gasteiger partial charge in [-0.25, -0.2) is 4.98 Å². The molecular weight excluding hydrogens is 448 g/mol. The summed E-state index contributed by atoms with van der Waals surface area (Å²) >= 11 is 1.27. The van der Waals surface area contributed by atoms with Crippen LogP contribution in [0.5, 0.6) is 0 Å². The largest absolute Gasteiger partial charge is 0.325 e. The highest BCUT2D eigenvalue weighted by molar-refractivity contribution is 8.00. The molecule has 0 bridgehead atoms. The summed E-state index contributed by atoms with van der Waals surface area (Å²) in [5, 5.41) is 3.48. The quantitative estimate of drug-likeness (QED) is 0.248. The number of rotatable bonds is 11. The lowest BCUT2D eigenvalue weighted by Crippen LogP contribution is -2.29. The molecular formula is C26H32N4O3S. The van der Waals surface area contributed by atoms with E-state index in [1.54, 1.807) is 41.8 Å². The third kappa shape index (κ3) is 6.33. The Labute approximate surface area is 204 Å². The zero-order valence-electron chi connectivity index (χ0n) is 20.2. The summed E-state index contributed by atoms with van der Waals surface area (Å²) in [7, 11) is 0. The maximum atomic E-state index is 13.3. The van der Waals surface area contributed by atoms with Crippen LogP contribution >= 0.6 is 11.8 Å². The Morgan fingerprint density at radius 1 is 1.12 bits per heavy atom. The summed E-state index contributed by atoms with van der Waals surface area (Å²) in [6.07, 6.45) is 0.813. The van der Waals surface area contributed by atoms with Crippen LogP contribution in [0.1, 0.15) is 44.5 Å². The predicted octanol–water partition coefficient (Wildman–Crippen LogP) is 4.45. The molecule has 1 atom stereocenters. The Hall–Kier alpha value is -2.97. The molecule has 0 fully saturated rings. The van der Waals surface area contributed by atoms with E-state index in [1.165, 1.54) is 18.7 Å². The fourth-order valence-electron chi connectivity index (χ4n) is 3.70. The van der Waals surface area contributed by atoms with E-state index in [1.807, 2.05) is 18.2 Å². The van der Waals surface area contributed by atoms with Crippen LogP contribution in [0.2, 0.25) is 0 Å². The highest BCUT2D eigenvalue weighted by Crippen LogP contribution is 2.24. The second-order valence-electron chi connectivity index (χ2n) is 8.14. The number of hydrogen-bond donors (Lipinski definition) is 1. The van der Waals surface area contributed by atoms with Crippen molar-refractivity contribution in [2.24, 2.45) is 0 Å². The number of nitrogens with zero attached hydrogens (tertiary/aromatic N) is 3. The molecule has 0 saturated heterocycles. The van der Waals surface area contributed by atoms with Crippen LogP contribution < -0.4 is 10.9 Å². The van der Waals surface area contributed by atoms with Crippen molar-refractivity contribution in [3.05, 3.63) is 64.4 Å². The van der Waals surface area contributed by atoms with E-state index in [0.717, 1.165) is 26.1 Å². The van der Waals surface area contributed by atoms with Gasteiger partial charge in [-0.05, 0) is 64.2 Å². The molecule has 1 heterocycles. The third-order valence-electron chi connectivity index (χ3n) is 5.77. The summed E-state index contributed by atoms with van der Waals surface area (Å²) in [6, 6.07) is 14.2. The number of hydrogen-bond acceptors (Lipinski definition) is 6. The number of amides is 1. The average Bonchev–Trinajstić information content (AvgIpc) is 2.83. The predicted molar refractivity (Wildman–Crippen MR) is 139 cm³/mol. The number of carbonyl (C=O) groups is 2. The van der Waals surface area contributed by atoms with Gasteiger partial charge in [-0.2, -0.15) is 0 Å². The van der Waals surface area contributed by atoms with E-state index in [-0.39, 0.29) is 17.2 Å². The maximum absolute atomic E-state index is 13.3. The van der Waals surface area contributed by atoms with Gasteiger partial charge < -0.3 is 10.2 Å². The van der Waals surface area contributed by atoms with Crippen LogP contribution in [0, 0.1) is 0 Å². The van der Waals surface area contributed by atoms with E-state index in [9.17, 15) is 14.4 Å². The molecule has 0 aliphatic carbocycles. The second kappa shape index (κ2) is 11.9. The molecule has 0 saturated carbocycles. The Morgan fingerprint density at radius 2 is 1.85 bits per heavy atom. The van der Waals surface area contributed by atoms with Gasteiger partial charge in [0, 0.05) is 17.8 Å². The van der Waals surface area contributed by atoms with Crippen molar-refractivity contribution in [3.63, 3.8) is 0 Å². The fraction of sp³-hybridized carbons (Fsp3) is 0.385. The van der Waals surface area contributed by atoms with Gasteiger partial charge in [-0.15, -0.1) is 0 Å². The first-order valence-electron chi connectivity index (χ1n) is 11.6. The number of carbonyl (C=O) groups excluding carboxylic acids is 2. The standard InChI is InChI=1S/C26H32N4O3S/c1-5-29(6-2)15-10-16-30-25(33)22-13-7-8-14-23(22)28-26(30)34-19(4)24(32)27-21-12-9-11-20(17-21)18(3)31/h7-9,11-14,17,19H,5-6,10,15-16H2,1-4H3,(H,27,32). The number of thioether (sulfide) groups is 1. The van der Waals surface area contributed by atoms with E-state index >= 15 is 0 Å². The molecule has 1 unspecified atom stereocenters. The van der Waals surface area contributed by atoms with Gasteiger partial charge in [-0.1, -0.05) is 49.9 Å². The molecule has 8 heteroatoms. The zero-order chi connectivity index (χ0) is 24.7. The lowest BCUT2D eigenvalue weighted by atomic mass is 10.1. The number of nitrogens with one attached hydrogen (secondary N) is 1. The average molecular weight is 481 g/mol. The van der Waals surface area contributed by atoms with Crippen molar-refractivity contribution < 1.29 is 9.59 Å². The summed E-state index contributed by atoms with van der Waals surface area (Å²) in [6.45, 7) is 10.9. The lowest BCUT2D eigenvalue weighted by molar-refractivity contribution is -0.115. The van der Waals surface area contributed by atoms with Gasteiger partial charge in [0.15, 0.2) is 10.9 Å². The van der Waals surface area contributed by atoms with Gasteiger partial charge in [0.2, 0.25) is 5.91 Å². The van der Waals surface area contributed by atoms with Crippen molar-refractivity contribution in [1.29, 1.82) is 0 Å². The normalized spacial score (nSPS) is 12.1. The summed E-state index contributed by atoms with van der Waals surface area (Å²) < 4.78 is 1.69. The van der Waals surface area contributed by atoms with E-state index in [2.05, 4.69) is 24.1 Å². The molecule has 7 nitrogen and oxygen atoms in total. The highest BCUT2D eigenvalue weighted by Gasteiger charge is 2.20. The molecule has 34 heavy (non-hydrogen) atoms. The Kier molecular flexibility index (Phi) is 9.01. The highest BCUT2D eigenvalue weighted by atomic mass is 32.2. The fourth-order valence-corrected chi connectivity index (χ4v) is 4.63. The zero-order valence-corrected chi connectivity index (χ0v) is 21.0. The number of ketones is 1. The molecule has 3 aromatic rings. The molecule has 0 aliphatic heterocycles. The Morgan fingerprint density at radius 3 is 2.56 bits per heavy atom. The minimum absolute atomic E-state index is 0.0624. The molecule has 3 rings (SSSR count). The van der Waals surface area contributed by atoms with Crippen LogP contribution in [0.4, 0.5) is 5.69 Å². The van der Waals surface area contributed by atoms with Gasteiger partial charge >= 0.3 is 0 Å². The minimum Gasteiger partial charge on any atom is -0.325 e. The summed E-state index contributed by atoms with van der Waals surface area (Å²) in [4.78, 5) is 44.9. The van der Waals surface area contributed by atoms with Crippen LogP contribution in [0.25, 0.3) is 10.9 Å². The second-order valence-corrected chi connectivity index (χ2v) is 9.44. The van der Waals surface area contributed by atoms with Crippen molar-refractivity contribution in [2.45, 2.75) is 51.1 Å². The lowest BCUT2D eigenvalue weighted by Gasteiger charge is -2.20. The number of para-hydroxylation sites is 1. The van der Waals surface area contributed by atoms with Crippen molar-refractivity contribution >= 4 is 40.0 Å². The van der Waals surface area contributed by atoms with Crippen molar-refractivity contribution in [2.75, 3.05) is 25.0 Å². The summed E-state index contributed by atoms with van der Waals surface area (Å²) in [5.74, 6) is -0.282. The third-order valence-corrected chi connectivity index (χ3v) is 6.86. The van der Waals surface area contributed by atoms with Gasteiger partial charge in [0.1, 0.15) is 0 Å². The molecule has 0 aliphatic rings. The van der Waals surface area contributed by atoms with E-state index in [0.29, 0.717) is 33.9 Å². The van der Waals surface area contributed by atoms with Gasteiger partial charge in [0.25, 0.3) is 5.56 Å². The minimum atomic E-state index is -0.497. The van der Waals surface area contributed by atoms with Crippen LogP contribution in [-0.2, 0) is 11.3 Å². The number of anilines is 1. The molecule has 0 spiro atoms. The monoisotopic (exact) mass is 480 g/mol. The van der Waals surface area contributed by atoms with Crippen molar-refractivity contribution in [1.82, 2.24) is 14.5 Å². The first-order chi connectivity index (χ1) is 16.3. The van der Waals surface area contributed by atoms with Gasteiger partial charge in [0.05, 0.1) is 16.2 Å². The molecule has 1 N–H and O–H groups in total. The summed E-state index contributed by atoms with van der Waals surface area (Å²) in [5.41, 5.74) is 1.63. The number of Topliss-reactive ketones (excluding diaryl/α,β-unsaturated/α-hetero) is 1. The SMILES string of the molecule is CCN(CC)CCCn1c(SC(C)C(=O)Nc2cccc(C(C)=O)c2)nc2ccccc2c1=O. The maximum Gasteiger partial charge on any atom is 0.262 e. The molecule has 0 radical (unpaired) electrons. The topological polar surface area (TPSA) is 84.3 Å². The number of aromatic nitrogens is 2. The van der Waals surface area contributed by atoms with Crippen LogP contribution in [0.15, 0.2) is 58.5 Å².